The van der Waals surface area contributed by atoms with E-state index < -0.39 is 9.84 Å². The SMILES string of the molecule is NCC1(c2ccc3c(c2)CCCS3(=O)=O)CC1. The van der Waals surface area contributed by atoms with Crippen molar-refractivity contribution in [2.75, 3.05) is 12.3 Å². The second kappa shape index (κ2) is 3.56. The van der Waals surface area contributed by atoms with Gasteiger partial charge in [0.1, 0.15) is 0 Å². The van der Waals surface area contributed by atoms with Crippen molar-refractivity contribution in [1.82, 2.24) is 0 Å². The van der Waals surface area contributed by atoms with Crippen molar-refractivity contribution in [3.05, 3.63) is 29.3 Å². The summed E-state index contributed by atoms with van der Waals surface area (Å²) >= 11 is 0. The monoisotopic (exact) mass is 251 g/mol. The second-order valence-corrected chi connectivity index (χ2v) is 7.31. The minimum Gasteiger partial charge on any atom is -0.330 e. The molecule has 0 atom stereocenters. The van der Waals surface area contributed by atoms with Crippen molar-refractivity contribution in [1.29, 1.82) is 0 Å². The molecule has 2 aliphatic rings. The Morgan fingerprint density at radius 2 is 2.06 bits per heavy atom. The van der Waals surface area contributed by atoms with Gasteiger partial charge in [0.05, 0.1) is 10.6 Å². The van der Waals surface area contributed by atoms with Crippen LogP contribution in [0.2, 0.25) is 0 Å². The Morgan fingerprint density at radius 3 is 2.71 bits per heavy atom. The van der Waals surface area contributed by atoms with Crippen molar-refractivity contribution in [3.63, 3.8) is 0 Å². The van der Waals surface area contributed by atoms with Gasteiger partial charge in [0, 0.05) is 12.0 Å². The Balaban J connectivity index is 2.08. The number of hydrogen-bond donors (Lipinski definition) is 1. The standard InChI is InChI=1S/C13H17NO2S/c14-9-13(5-6-13)11-3-4-12-10(8-11)2-1-7-17(12,15)16/h3-4,8H,1-2,5-7,9,14H2. The number of fused-ring (bicyclic) bond motifs is 1. The van der Waals surface area contributed by atoms with Crippen molar-refractivity contribution >= 4 is 9.84 Å². The molecular formula is C13H17NO2S. The molecule has 2 N–H and O–H groups in total. The summed E-state index contributed by atoms with van der Waals surface area (Å²) in [6, 6.07) is 5.82. The average Bonchev–Trinajstić information content (AvgIpc) is 3.09. The van der Waals surface area contributed by atoms with Crippen LogP contribution in [0.3, 0.4) is 0 Å². The highest BCUT2D eigenvalue weighted by Gasteiger charge is 2.43. The predicted octanol–water partition coefficient (Wildman–Crippen LogP) is 1.40. The first-order valence-corrected chi connectivity index (χ1v) is 7.79. The van der Waals surface area contributed by atoms with Crippen LogP contribution in [0.4, 0.5) is 0 Å². The third-order valence-electron chi connectivity index (χ3n) is 4.11. The van der Waals surface area contributed by atoms with Gasteiger partial charge >= 0.3 is 0 Å². The maximum absolute atomic E-state index is 11.9. The first-order valence-electron chi connectivity index (χ1n) is 6.14. The van der Waals surface area contributed by atoms with E-state index in [4.69, 9.17) is 5.73 Å². The molecule has 1 aliphatic carbocycles. The summed E-state index contributed by atoms with van der Waals surface area (Å²) in [5.74, 6) is 0.293. The maximum Gasteiger partial charge on any atom is 0.178 e. The molecule has 1 heterocycles. The summed E-state index contributed by atoms with van der Waals surface area (Å²) in [4.78, 5) is 0.542. The zero-order chi connectivity index (χ0) is 12.1. The van der Waals surface area contributed by atoms with E-state index in [0.29, 0.717) is 17.2 Å². The van der Waals surface area contributed by atoms with E-state index in [0.717, 1.165) is 31.2 Å². The van der Waals surface area contributed by atoms with Crippen LogP contribution in [0, 0.1) is 0 Å². The number of aryl methyl sites for hydroxylation is 1. The van der Waals surface area contributed by atoms with Gasteiger partial charge in [-0.1, -0.05) is 12.1 Å². The molecule has 92 valence electrons. The van der Waals surface area contributed by atoms with Crippen molar-refractivity contribution in [2.24, 2.45) is 5.73 Å². The van der Waals surface area contributed by atoms with Crippen LogP contribution < -0.4 is 5.73 Å². The van der Waals surface area contributed by atoms with Gasteiger partial charge in [0.2, 0.25) is 0 Å². The molecule has 0 saturated heterocycles. The molecule has 0 bridgehead atoms. The van der Waals surface area contributed by atoms with E-state index in [1.165, 1.54) is 5.56 Å². The molecule has 1 fully saturated rings. The molecule has 1 saturated carbocycles. The normalized spacial score (nSPS) is 24.1. The Bertz CT molecular complexity index is 559. The number of sulfone groups is 1. The lowest BCUT2D eigenvalue weighted by Crippen LogP contribution is -2.21. The molecule has 0 spiro atoms. The summed E-state index contributed by atoms with van der Waals surface area (Å²) in [6.07, 6.45) is 3.89. The summed E-state index contributed by atoms with van der Waals surface area (Å²) in [5.41, 5.74) is 8.19. The molecule has 0 radical (unpaired) electrons. The van der Waals surface area contributed by atoms with Gasteiger partial charge in [0.15, 0.2) is 9.84 Å². The molecule has 3 nitrogen and oxygen atoms in total. The van der Waals surface area contributed by atoms with Crippen LogP contribution in [0.5, 0.6) is 0 Å². The molecule has 1 aromatic rings. The van der Waals surface area contributed by atoms with E-state index in [2.05, 4.69) is 6.07 Å². The van der Waals surface area contributed by atoms with Gasteiger partial charge < -0.3 is 5.73 Å². The molecule has 3 rings (SSSR count). The average molecular weight is 251 g/mol. The third kappa shape index (κ3) is 1.70. The van der Waals surface area contributed by atoms with Crippen LogP contribution >= 0.6 is 0 Å². The molecular weight excluding hydrogens is 234 g/mol. The van der Waals surface area contributed by atoms with Crippen LogP contribution in [-0.4, -0.2) is 20.7 Å². The fraction of sp³-hybridized carbons (Fsp3) is 0.538. The fourth-order valence-electron chi connectivity index (χ4n) is 2.73. The fourth-order valence-corrected chi connectivity index (χ4v) is 4.31. The zero-order valence-electron chi connectivity index (χ0n) is 9.78. The van der Waals surface area contributed by atoms with Gasteiger partial charge in [-0.3, -0.25) is 0 Å². The van der Waals surface area contributed by atoms with Crippen LogP contribution in [0.15, 0.2) is 23.1 Å². The molecule has 1 aromatic carbocycles. The topological polar surface area (TPSA) is 60.2 Å². The summed E-state index contributed by atoms with van der Waals surface area (Å²) < 4.78 is 23.8. The van der Waals surface area contributed by atoms with Crippen molar-refractivity contribution < 1.29 is 8.42 Å². The number of nitrogens with two attached hydrogens (primary N) is 1. The zero-order valence-corrected chi connectivity index (χ0v) is 10.6. The Labute approximate surface area is 102 Å². The largest absolute Gasteiger partial charge is 0.330 e. The van der Waals surface area contributed by atoms with E-state index in [1.54, 1.807) is 6.07 Å². The van der Waals surface area contributed by atoms with Crippen LogP contribution in [0.1, 0.15) is 30.4 Å². The molecule has 4 heteroatoms. The Morgan fingerprint density at radius 1 is 1.29 bits per heavy atom. The highest BCUT2D eigenvalue weighted by molar-refractivity contribution is 7.91. The summed E-state index contributed by atoms with van der Waals surface area (Å²) in [7, 11) is -3.02. The first-order chi connectivity index (χ1) is 8.07. The van der Waals surface area contributed by atoms with Gasteiger partial charge in [-0.25, -0.2) is 8.42 Å². The minimum absolute atomic E-state index is 0.149. The van der Waals surface area contributed by atoms with Crippen LogP contribution in [-0.2, 0) is 21.7 Å². The molecule has 0 amide bonds. The van der Waals surface area contributed by atoms with E-state index in [1.807, 2.05) is 6.07 Å². The number of benzene rings is 1. The molecule has 0 unspecified atom stereocenters. The summed E-state index contributed by atoms with van der Waals surface area (Å²) in [5, 5.41) is 0. The Kier molecular flexibility index (Phi) is 2.35. The van der Waals surface area contributed by atoms with Gasteiger partial charge in [-0.2, -0.15) is 0 Å². The number of hydrogen-bond acceptors (Lipinski definition) is 3. The van der Waals surface area contributed by atoms with Gasteiger partial charge in [-0.05, 0) is 42.9 Å². The highest BCUT2D eigenvalue weighted by Crippen LogP contribution is 2.48. The third-order valence-corrected chi connectivity index (χ3v) is 6.01. The van der Waals surface area contributed by atoms with Gasteiger partial charge in [0.25, 0.3) is 0 Å². The van der Waals surface area contributed by atoms with E-state index in [-0.39, 0.29) is 5.41 Å². The summed E-state index contributed by atoms with van der Waals surface area (Å²) in [6.45, 7) is 0.665. The second-order valence-electron chi connectivity index (χ2n) is 5.23. The number of rotatable bonds is 2. The van der Waals surface area contributed by atoms with E-state index >= 15 is 0 Å². The van der Waals surface area contributed by atoms with Crippen molar-refractivity contribution in [3.8, 4) is 0 Å². The van der Waals surface area contributed by atoms with Crippen LogP contribution in [0.25, 0.3) is 0 Å². The van der Waals surface area contributed by atoms with Gasteiger partial charge in [-0.15, -0.1) is 0 Å². The lowest BCUT2D eigenvalue weighted by atomic mass is 9.93. The Hall–Kier alpha value is -0.870. The first kappa shape index (κ1) is 11.2. The lowest BCUT2D eigenvalue weighted by molar-refractivity contribution is 0.586. The minimum atomic E-state index is -3.02. The lowest BCUT2D eigenvalue weighted by Gasteiger charge is -2.20. The highest BCUT2D eigenvalue weighted by atomic mass is 32.2. The maximum atomic E-state index is 11.9. The molecule has 1 aliphatic heterocycles. The molecule has 17 heavy (non-hydrogen) atoms. The predicted molar refractivity (Wildman–Crippen MR) is 66.8 cm³/mol. The van der Waals surface area contributed by atoms with E-state index in [9.17, 15) is 8.42 Å². The van der Waals surface area contributed by atoms with Crippen molar-refractivity contribution in [2.45, 2.75) is 36.0 Å². The smallest absolute Gasteiger partial charge is 0.178 e. The quantitative estimate of drug-likeness (QED) is 0.864. The molecule has 0 aromatic heterocycles.